The van der Waals surface area contributed by atoms with Gasteiger partial charge in [-0.05, 0) is 46.0 Å². The zero-order valence-electron chi connectivity index (χ0n) is 11.2. The average Bonchev–Trinajstić information content (AvgIpc) is 2.66. The van der Waals surface area contributed by atoms with Gasteiger partial charge in [0, 0.05) is 5.56 Å². The molecule has 2 unspecified atom stereocenters. The lowest BCUT2D eigenvalue weighted by molar-refractivity contribution is 0.141. The van der Waals surface area contributed by atoms with Gasteiger partial charge in [0.25, 0.3) is 0 Å². The van der Waals surface area contributed by atoms with Crippen molar-refractivity contribution in [3.63, 3.8) is 0 Å². The molecule has 1 rings (SSSR count). The molecular formula is C14H23NO3. The first-order valence-electron chi connectivity index (χ1n) is 6.45. The van der Waals surface area contributed by atoms with Crippen LogP contribution in [0.3, 0.4) is 0 Å². The minimum atomic E-state index is -0.459. The van der Waals surface area contributed by atoms with Crippen LogP contribution in [0.1, 0.15) is 42.7 Å². The fourth-order valence-corrected chi connectivity index (χ4v) is 1.99. The largest absolute Gasteiger partial charge is 0.393 e. The SMILES string of the molecule is C=CC(O)CCCC(O)CCc1c(C)noc1C. The molecule has 4 heteroatoms. The van der Waals surface area contributed by atoms with E-state index in [0.29, 0.717) is 19.3 Å². The molecule has 0 spiro atoms. The van der Waals surface area contributed by atoms with Crippen molar-refractivity contribution < 1.29 is 14.7 Å². The molecule has 2 N–H and O–H groups in total. The predicted molar refractivity (Wildman–Crippen MR) is 70.4 cm³/mol. The lowest BCUT2D eigenvalue weighted by Gasteiger charge is -2.11. The topological polar surface area (TPSA) is 66.5 Å². The lowest BCUT2D eigenvalue weighted by Crippen LogP contribution is -2.10. The third-order valence-corrected chi connectivity index (χ3v) is 3.22. The molecule has 2 atom stereocenters. The summed E-state index contributed by atoms with van der Waals surface area (Å²) < 4.78 is 5.08. The number of aryl methyl sites for hydroxylation is 2. The Labute approximate surface area is 108 Å². The molecule has 1 heterocycles. The van der Waals surface area contributed by atoms with E-state index in [4.69, 9.17) is 4.52 Å². The van der Waals surface area contributed by atoms with E-state index in [2.05, 4.69) is 11.7 Å². The monoisotopic (exact) mass is 253 g/mol. The van der Waals surface area contributed by atoms with Crippen LogP contribution >= 0.6 is 0 Å². The summed E-state index contributed by atoms with van der Waals surface area (Å²) in [6.07, 6.45) is 4.38. The van der Waals surface area contributed by atoms with Gasteiger partial charge in [-0.25, -0.2) is 0 Å². The molecule has 1 aromatic rings. The Morgan fingerprint density at radius 1 is 1.28 bits per heavy atom. The molecule has 0 aliphatic rings. The summed E-state index contributed by atoms with van der Waals surface area (Å²) in [6.45, 7) is 7.32. The number of nitrogens with zero attached hydrogens (tertiary/aromatic N) is 1. The van der Waals surface area contributed by atoms with Crippen molar-refractivity contribution >= 4 is 0 Å². The van der Waals surface area contributed by atoms with Gasteiger partial charge in [0.15, 0.2) is 0 Å². The molecule has 0 bridgehead atoms. The summed E-state index contributed by atoms with van der Waals surface area (Å²) in [5.74, 6) is 0.835. The van der Waals surface area contributed by atoms with E-state index < -0.39 is 6.10 Å². The highest BCUT2D eigenvalue weighted by Gasteiger charge is 2.12. The van der Waals surface area contributed by atoms with Crippen LogP contribution in [0.15, 0.2) is 17.2 Å². The van der Waals surface area contributed by atoms with Gasteiger partial charge in [-0.3, -0.25) is 0 Å². The highest BCUT2D eigenvalue weighted by Crippen LogP contribution is 2.17. The zero-order valence-corrected chi connectivity index (χ0v) is 11.2. The maximum Gasteiger partial charge on any atom is 0.137 e. The number of aromatic nitrogens is 1. The summed E-state index contributed by atoms with van der Waals surface area (Å²) in [5, 5.41) is 23.1. The van der Waals surface area contributed by atoms with Crippen LogP contribution in [-0.4, -0.2) is 27.6 Å². The van der Waals surface area contributed by atoms with Crippen molar-refractivity contribution in [2.45, 2.75) is 58.2 Å². The minimum absolute atomic E-state index is 0.337. The molecule has 0 radical (unpaired) electrons. The molecule has 102 valence electrons. The molecule has 0 aliphatic carbocycles. The summed E-state index contributed by atoms with van der Waals surface area (Å²) >= 11 is 0. The minimum Gasteiger partial charge on any atom is -0.393 e. The van der Waals surface area contributed by atoms with Crippen LogP contribution in [0.5, 0.6) is 0 Å². The van der Waals surface area contributed by atoms with Crippen molar-refractivity contribution in [3.8, 4) is 0 Å². The molecular weight excluding hydrogens is 230 g/mol. The summed E-state index contributed by atoms with van der Waals surface area (Å²) in [7, 11) is 0. The third kappa shape index (κ3) is 4.63. The molecule has 0 fully saturated rings. The first-order chi connectivity index (χ1) is 8.54. The number of hydrogen-bond acceptors (Lipinski definition) is 4. The van der Waals surface area contributed by atoms with Crippen molar-refractivity contribution in [1.82, 2.24) is 5.16 Å². The quantitative estimate of drug-likeness (QED) is 0.698. The lowest BCUT2D eigenvalue weighted by atomic mass is 10.0. The van der Waals surface area contributed by atoms with Gasteiger partial charge in [-0.15, -0.1) is 6.58 Å². The fourth-order valence-electron chi connectivity index (χ4n) is 1.99. The fraction of sp³-hybridized carbons (Fsp3) is 0.643. The number of aliphatic hydroxyl groups excluding tert-OH is 2. The molecule has 18 heavy (non-hydrogen) atoms. The normalized spacial score (nSPS) is 14.4. The first kappa shape index (κ1) is 14.9. The van der Waals surface area contributed by atoms with Gasteiger partial charge in [0.1, 0.15) is 5.76 Å². The second-order valence-corrected chi connectivity index (χ2v) is 4.73. The molecule has 0 saturated carbocycles. The third-order valence-electron chi connectivity index (χ3n) is 3.22. The van der Waals surface area contributed by atoms with E-state index in [0.717, 1.165) is 29.9 Å². The average molecular weight is 253 g/mol. The number of aliphatic hydroxyl groups is 2. The zero-order chi connectivity index (χ0) is 13.5. The molecule has 0 saturated heterocycles. The smallest absolute Gasteiger partial charge is 0.137 e. The Hall–Kier alpha value is -1.13. The van der Waals surface area contributed by atoms with Gasteiger partial charge in [0.05, 0.1) is 17.9 Å². The molecule has 0 aliphatic heterocycles. The van der Waals surface area contributed by atoms with Gasteiger partial charge in [0.2, 0.25) is 0 Å². The van der Waals surface area contributed by atoms with E-state index in [9.17, 15) is 10.2 Å². The predicted octanol–water partition coefficient (Wildman–Crippen LogP) is 2.30. The second kappa shape index (κ2) is 7.34. The van der Waals surface area contributed by atoms with Crippen LogP contribution in [0.25, 0.3) is 0 Å². The Morgan fingerprint density at radius 3 is 2.56 bits per heavy atom. The summed E-state index contributed by atoms with van der Waals surface area (Å²) in [4.78, 5) is 0. The van der Waals surface area contributed by atoms with Crippen molar-refractivity contribution in [1.29, 1.82) is 0 Å². The summed E-state index contributed by atoms with van der Waals surface area (Å²) in [6, 6.07) is 0. The van der Waals surface area contributed by atoms with Gasteiger partial charge in [-0.2, -0.15) is 0 Å². The Kier molecular flexibility index (Phi) is 6.09. The van der Waals surface area contributed by atoms with Crippen LogP contribution < -0.4 is 0 Å². The number of rotatable bonds is 8. The molecule has 0 amide bonds. The molecule has 4 nitrogen and oxygen atoms in total. The Balaban J connectivity index is 2.25. The highest BCUT2D eigenvalue weighted by molar-refractivity contribution is 5.20. The van der Waals surface area contributed by atoms with Crippen molar-refractivity contribution in [2.75, 3.05) is 0 Å². The maximum absolute atomic E-state index is 9.86. The highest BCUT2D eigenvalue weighted by atomic mass is 16.5. The molecule has 0 aromatic carbocycles. The van der Waals surface area contributed by atoms with Crippen LogP contribution in [0, 0.1) is 13.8 Å². The second-order valence-electron chi connectivity index (χ2n) is 4.73. The van der Waals surface area contributed by atoms with Crippen LogP contribution in [0.4, 0.5) is 0 Å². The van der Waals surface area contributed by atoms with Crippen LogP contribution in [-0.2, 0) is 6.42 Å². The first-order valence-corrected chi connectivity index (χ1v) is 6.45. The number of hydrogen-bond donors (Lipinski definition) is 2. The van der Waals surface area contributed by atoms with Crippen LogP contribution in [0.2, 0.25) is 0 Å². The Bertz CT molecular complexity index is 354. The summed E-state index contributed by atoms with van der Waals surface area (Å²) in [5.41, 5.74) is 2.00. The van der Waals surface area contributed by atoms with Crippen molar-refractivity contribution in [3.05, 3.63) is 29.7 Å². The standard InChI is InChI=1S/C14H23NO3/c1-4-12(16)6-5-7-13(17)8-9-14-10(2)15-18-11(14)3/h4,12-13,16-17H,1,5-9H2,2-3H3. The van der Waals surface area contributed by atoms with Gasteiger partial charge in [-0.1, -0.05) is 11.2 Å². The Morgan fingerprint density at radius 2 is 2.00 bits per heavy atom. The van der Waals surface area contributed by atoms with E-state index in [1.807, 2.05) is 13.8 Å². The van der Waals surface area contributed by atoms with E-state index in [-0.39, 0.29) is 6.10 Å². The molecule has 1 aromatic heterocycles. The van der Waals surface area contributed by atoms with Gasteiger partial charge >= 0.3 is 0 Å². The van der Waals surface area contributed by atoms with E-state index in [1.165, 1.54) is 6.08 Å². The maximum atomic E-state index is 9.86. The van der Waals surface area contributed by atoms with E-state index in [1.54, 1.807) is 0 Å². The van der Waals surface area contributed by atoms with Crippen molar-refractivity contribution in [2.24, 2.45) is 0 Å². The van der Waals surface area contributed by atoms with E-state index >= 15 is 0 Å². The van der Waals surface area contributed by atoms with Gasteiger partial charge < -0.3 is 14.7 Å².